The molecule has 1 saturated heterocycles. The second-order valence-electron chi connectivity index (χ2n) is 4.62. The highest BCUT2D eigenvalue weighted by Crippen LogP contribution is 2.26. The molecule has 1 aliphatic rings. The summed E-state index contributed by atoms with van der Waals surface area (Å²) in [6.07, 6.45) is 6.35. The van der Waals surface area contributed by atoms with E-state index in [1.807, 2.05) is 19.3 Å². The molecule has 2 N–H and O–H groups in total. The molecule has 0 atom stereocenters. The van der Waals surface area contributed by atoms with E-state index in [0.717, 1.165) is 24.1 Å². The molecule has 0 saturated carbocycles. The number of hydrogen-bond acceptors (Lipinski definition) is 3. The quantitative estimate of drug-likeness (QED) is 0.826. The van der Waals surface area contributed by atoms with Crippen molar-refractivity contribution in [1.29, 1.82) is 0 Å². The first kappa shape index (κ1) is 10.6. The minimum Gasteiger partial charge on any atom is -0.368 e. The van der Waals surface area contributed by atoms with Crippen molar-refractivity contribution in [2.45, 2.75) is 18.9 Å². The van der Waals surface area contributed by atoms with Gasteiger partial charge < -0.3 is 15.2 Å². The number of piperidine rings is 1. The summed E-state index contributed by atoms with van der Waals surface area (Å²) in [6.45, 7) is 2.21. The average Bonchev–Trinajstić information content (AvgIpc) is 2.83. The molecule has 0 spiro atoms. The SMILES string of the molecule is CNC1CCN(c2c[nH]c3cccnc23)CC1. The Labute approximate surface area is 101 Å². The molecule has 0 aromatic carbocycles. The molecule has 3 heterocycles. The molecule has 0 amide bonds. The molecule has 4 heteroatoms. The van der Waals surface area contributed by atoms with Crippen molar-refractivity contribution in [3.8, 4) is 0 Å². The van der Waals surface area contributed by atoms with Gasteiger partial charge in [-0.2, -0.15) is 0 Å². The Morgan fingerprint density at radius 3 is 3.00 bits per heavy atom. The molecule has 1 fully saturated rings. The third-order valence-electron chi connectivity index (χ3n) is 3.66. The van der Waals surface area contributed by atoms with Gasteiger partial charge in [-0.3, -0.25) is 4.98 Å². The molecular weight excluding hydrogens is 212 g/mol. The van der Waals surface area contributed by atoms with Gasteiger partial charge in [0.15, 0.2) is 0 Å². The molecular formula is C13H18N4. The Bertz CT molecular complexity index is 497. The number of nitrogens with zero attached hydrogens (tertiary/aromatic N) is 2. The normalized spacial score (nSPS) is 17.8. The zero-order valence-electron chi connectivity index (χ0n) is 10.1. The smallest absolute Gasteiger partial charge is 0.111 e. The molecule has 0 unspecified atom stereocenters. The van der Waals surface area contributed by atoms with E-state index in [-0.39, 0.29) is 0 Å². The number of aromatic nitrogens is 2. The highest BCUT2D eigenvalue weighted by Gasteiger charge is 2.20. The first-order valence-electron chi connectivity index (χ1n) is 6.23. The van der Waals surface area contributed by atoms with Gasteiger partial charge in [-0.05, 0) is 32.0 Å². The Hall–Kier alpha value is -1.55. The van der Waals surface area contributed by atoms with Gasteiger partial charge in [-0.25, -0.2) is 0 Å². The average molecular weight is 230 g/mol. The van der Waals surface area contributed by atoms with Gasteiger partial charge in [-0.15, -0.1) is 0 Å². The lowest BCUT2D eigenvalue weighted by Crippen LogP contribution is -2.41. The van der Waals surface area contributed by atoms with E-state index in [2.05, 4.69) is 32.4 Å². The third kappa shape index (κ3) is 1.89. The van der Waals surface area contributed by atoms with Crippen LogP contribution >= 0.6 is 0 Å². The number of H-pyrrole nitrogens is 1. The Morgan fingerprint density at radius 1 is 1.41 bits per heavy atom. The maximum atomic E-state index is 4.47. The molecule has 0 aliphatic carbocycles. The molecule has 90 valence electrons. The van der Waals surface area contributed by atoms with E-state index in [9.17, 15) is 0 Å². The molecule has 0 radical (unpaired) electrons. The number of hydrogen-bond donors (Lipinski definition) is 2. The number of fused-ring (bicyclic) bond motifs is 1. The standard InChI is InChI=1S/C13H18N4/c1-14-10-4-7-17(8-5-10)12-9-16-11-3-2-6-15-13(11)12/h2-3,6,9-10,14,16H,4-5,7-8H2,1H3. The Kier molecular flexibility index (Phi) is 2.73. The van der Waals surface area contributed by atoms with Crippen LogP contribution in [0.15, 0.2) is 24.5 Å². The van der Waals surface area contributed by atoms with Crippen LogP contribution in [0.1, 0.15) is 12.8 Å². The van der Waals surface area contributed by atoms with Crippen molar-refractivity contribution in [2.75, 3.05) is 25.0 Å². The highest BCUT2D eigenvalue weighted by atomic mass is 15.2. The van der Waals surface area contributed by atoms with Crippen LogP contribution in [0.3, 0.4) is 0 Å². The molecule has 0 bridgehead atoms. The van der Waals surface area contributed by atoms with Crippen molar-refractivity contribution in [1.82, 2.24) is 15.3 Å². The summed E-state index contributed by atoms with van der Waals surface area (Å²) in [5.41, 5.74) is 3.46. The summed E-state index contributed by atoms with van der Waals surface area (Å²) < 4.78 is 0. The zero-order chi connectivity index (χ0) is 11.7. The molecule has 1 aliphatic heterocycles. The number of pyridine rings is 1. The second kappa shape index (κ2) is 4.37. The molecule has 3 rings (SSSR count). The largest absolute Gasteiger partial charge is 0.368 e. The van der Waals surface area contributed by atoms with E-state index in [1.165, 1.54) is 18.5 Å². The molecule has 2 aromatic rings. The summed E-state index contributed by atoms with van der Waals surface area (Å²) in [4.78, 5) is 10.2. The van der Waals surface area contributed by atoms with Crippen molar-refractivity contribution in [3.63, 3.8) is 0 Å². The lowest BCUT2D eigenvalue weighted by Gasteiger charge is -2.32. The topological polar surface area (TPSA) is 44.0 Å². The van der Waals surface area contributed by atoms with E-state index in [4.69, 9.17) is 0 Å². The summed E-state index contributed by atoms with van der Waals surface area (Å²) >= 11 is 0. The van der Waals surface area contributed by atoms with Gasteiger partial charge in [0.25, 0.3) is 0 Å². The van der Waals surface area contributed by atoms with Crippen LogP contribution in [0.4, 0.5) is 5.69 Å². The van der Waals surface area contributed by atoms with E-state index in [0.29, 0.717) is 6.04 Å². The first-order valence-corrected chi connectivity index (χ1v) is 6.23. The highest BCUT2D eigenvalue weighted by molar-refractivity contribution is 5.89. The number of rotatable bonds is 2. The summed E-state index contributed by atoms with van der Waals surface area (Å²) in [5.74, 6) is 0. The summed E-state index contributed by atoms with van der Waals surface area (Å²) in [7, 11) is 2.05. The predicted octanol–water partition coefficient (Wildman–Crippen LogP) is 1.75. The second-order valence-corrected chi connectivity index (χ2v) is 4.62. The van der Waals surface area contributed by atoms with Crippen LogP contribution in [0, 0.1) is 0 Å². The van der Waals surface area contributed by atoms with Gasteiger partial charge in [0.1, 0.15) is 5.52 Å². The first-order chi connectivity index (χ1) is 8.38. The van der Waals surface area contributed by atoms with Gasteiger partial charge in [0.2, 0.25) is 0 Å². The van der Waals surface area contributed by atoms with Crippen LogP contribution in [0.2, 0.25) is 0 Å². The van der Waals surface area contributed by atoms with Crippen molar-refractivity contribution in [2.24, 2.45) is 0 Å². The summed E-state index contributed by atoms with van der Waals surface area (Å²) in [5, 5.41) is 3.36. The monoisotopic (exact) mass is 230 g/mol. The fraction of sp³-hybridized carbons (Fsp3) is 0.462. The lowest BCUT2D eigenvalue weighted by molar-refractivity contribution is 0.443. The minimum atomic E-state index is 0.671. The maximum Gasteiger partial charge on any atom is 0.111 e. The fourth-order valence-electron chi connectivity index (χ4n) is 2.59. The van der Waals surface area contributed by atoms with Gasteiger partial charge in [0, 0.05) is 31.5 Å². The summed E-state index contributed by atoms with van der Waals surface area (Å²) in [6, 6.07) is 4.71. The number of anilines is 1. The fourth-order valence-corrected chi connectivity index (χ4v) is 2.59. The van der Waals surface area contributed by atoms with Crippen LogP contribution in [0.5, 0.6) is 0 Å². The van der Waals surface area contributed by atoms with Crippen LogP contribution in [0.25, 0.3) is 11.0 Å². The van der Waals surface area contributed by atoms with E-state index in [1.54, 1.807) is 0 Å². The maximum absolute atomic E-state index is 4.47. The Morgan fingerprint density at radius 2 is 2.24 bits per heavy atom. The minimum absolute atomic E-state index is 0.671. The van der Waals surface area contributed by atoms with Crippen molar-refractivity contribution < 1.29 is 0 Å². The van der Waals surface area contributed by atoms with Crippen molar-refractivity contribution >= 4 is 16.7 Å². The van der Waals surface area contributed by atoms with Gasteiger partial charge >= 0.3 is 0 Å². The predicted molar refractivity (Wildman–Crippen MR) is 70.4 cm³/mol. The molecule has 4 nitrogen and oxygen atoms in total. The van der Waals surface area contributed by atoms with Crippen molar-refractivity contribution in [3.05, 3.63) is 24.5 Å². The van der Waals surface area contributed by atoms with Crippen LogP contribution in [-0.4, -0.2) is 36.1 Å². The number of aromatic amines is 1. The van der Waals surface area contributed by atoms with Crippen LogP contribution in [-0.2, 0) is 0 Å². The molecule has 17 heavy (non-hydrogen) atoms. The zero-order valence-corrected chi connectivity index (χ0v) is 10.1. The third-order valence-corrected chi connectivity index (χ3v) is 3.66. The van der Waals surface area contributed by atoms with Gasteiger partial charge in [-0.1, -0.05) is 0 Å². The lowest BCUT2D eigenvalue weighted by atomic mass is 10.1. The number of nitrogens with one attached hydrogen (secondary N) is 2. The van der Waals surface area contributed by atoms with Gasteiger partial charge in [0.05, 0.1) is 11.2 Å². The van der Waals surface area contributed by atoms with E-state index >= 15 is 0 Å². The van der Waals surface area contributed by atoms with E-state index < -0.39 is 0 Å². The van der Waals surface area contributed by atoms with Crippen LogP contribution < -0.4 is 10.2 Å². The molecule has 2 aromatic heterocycles. The Balaban J connectivity index is 1.85.